The summed E-state index contributed by atoms with van der Waals surface area (Å²) in [5, 5.41) is 1.93. The molecule has 0 saturated carbocycles. The van der Waals surface area contributed by atoms with E-state index in [9.17, 15) is 4.79 Å². The third-order valence-corrected chi connectivity index (χ3v) is 5.71. The molecule has 3 heterocycles. The van der Waals surface area contributed by atoms with Gasteiger partial charge in [-0.1, -0.05) is 0 Å². The standard InChI is InChI=1S/C14H13Br2N3OS/c15-10-1-2-12(17-9-10)18-4-6-19(7-5-18)14(20)13-11(16)3-8-21-13/h1-3,8-9H,4-7H2. The molecule has 0 unspecified atom stereocenters. The molecular weight excluding hydrogens is 418 g/mol. The van der Waals surface area contributed by atoms with E-state index in [1.807, 2.05) is 28.5 Å². The van der Waals surface area contributed by atoms with E-state index < -0.39 is 0 Å². The minimum Gasteiger partial charge on any atom is -0.353 e. The number of anilines is 1. The molecule has 0 bridgehead atoms. The first-order chi connectivity index (χ1) is 10.1. The van der Waals surface area contributed by atoms with Crippen LogP contribution in [0.15, 0.2) is 38.7 Å². The highest BCUT2D eigenvalue weighted by Gasteiger charge is 2.24. The van der Waals surface area contributed by atoms with Crippen LogP contribution >= 0.6 is 43.2 Å². The molecule has 110 valence electrons. The minimum atomic E-state index is 0.111. The summed E-state index contributed by atoms with van der Waals surface area (Å²) < 4.78 is 1.86. The Hall–Kier alpha value is -0.920. The van der Waals surface area contributed by atoms with Gasteiger partial charge in [0.1, 0.15) is 10.7 Å². The van der Waals surface area contributed by atoms with Gasteiger partial charge in [0.15, 0.2) is 0 Å². The summed E-state index contributed by atoms with van der Waals surface area (Å²) >= 11 is 8.30. The highest BCUT2D eigenvalue weighted by Crippen LogP contribution is 2.25. The Labute approximate surface area is 144 Å². The summed E-state index contributed by atoms with van der Waals surface area (Å²) in [7, 11) is 0. The van der Waals surface area contributed by atoms with E-state index in [4.69, 9.17) is 0 Å². The van der Waals surface area contributed by atoms with E-state index in [0.717, 1.165) is 45.8 Å². The Morgan fingerprint density at radius 2 is 1.90 bits per heavy atom. The molecule has 21 heavy (non-hydrogen) atoms. The molecule has 2 aromatic rings. The third-order valence-electron chi connectivity index (χ3n) is 3.41. The highest BCUT2D eigenvalue weighted by atomic mass is 79.9. The van der Waals surface area contributed by atoms with E-state index in [2.05, 4.69) is 41.7 Å². The normalized spacial score (nSPS) is 15.3. The van der Waals surface area contributed by atoms with Crippen molar-refractivity contribution in [1.82, 2.24) is 9.88 Å². The molecule has 0 aromatic carbocycles. The average Bonchev–Trinajstić information content (AvgIpc) is 2.94. The van der Waals surface area contributed by atoms with Gasteiger partial charge in [-0.05, 0) is 55.4 Å². The summed E-state index contributed by atoms with van der Waals surface area (Å²) in [6.45, 7) is 3.06. The van der Waals surface area contributed by atoms with Gasteiger partial charge in [-0.3, -0.25) is 4.79 Å². The van der Waals surface area contributed by atoms with Gasteiger partial charge in [-0.2, -0.15) is 0 Å². The van der Waals surface area contributed by atoms with Crippen molar-refractivity contribution in [2.24, 2.45) is 0 Å². The number of piperazine rings is 1. The smallest absolute Gasteiger partial charge is 0.265 e. The number of halogens is 2. The fourth-order valence-electron chi connectivity index (χ4n) is 2.28. The summed E-state index contributed by atoms with van der Waals surface area (Å²) in [6.07, 6.45) is 1.80. The second kappa shape index (κ2) is 6.46. The van der Waals surface area contributed by atoms with Crippen molar-refractivity contribution < 1.29 is 4.79 Å². The lowest BCUT2D eigenvalue weighted by Crippen LogP contribution is -2.48. The Morgan fingerprint density at radius 3 is 2.48 bits per heavy atom. The summed E-state index contributed by atoms with van der Waals surface area (Å²) in [5.41, 5.74) is 0. The number of rotatable bonds is 2. The van der Waals surface area contributed by atoms with Crippen LogP contribution in [0.3, 0.4) is 0 Å². The van der Waals surface area contributed by atoms with Crippen molar-refractivity contribution in [2.75, 3.05) is 31.1 Å². The molecule has 4 nitrogen and oxygen atoms in total. The van der Waals surface area contributed by atoms with Crippen LogP contribution in [0.5, 0.6) is 0 Å². The fourth-order valence-corrected chi connectivity index (χ4v) is 4.03. The Kier molecular flexibility index (Phi) is 4.61. The number of hydrogen-bond donors (Lipinski definition) is 0. The molecule has 0 aliphatic carbocycles. The molecule has 1 aliphatic rings. The zero-order chi connectivity index (χ0) is 14.8. The van der Waals surface area contributed by atoms with Gasteiger partial charge in [0.25, 0.3) is 5.91 Å². The van der Waals surface area contributed by atoms with E-state index in [1.165, 1.54) is 11.3 Å². The van der Waals surface area contributed by atoms with Crippen LogP contribution in [0.25, 0.3) is 0 Å². The predicted octanol–water partition coefficient (Wildman–Crippen LogP) is 3.63. The fraction of sp³-hybridized carbons (Fsp3) is 0.286. The second-order valence-corrected chi connectivity index (χ2v) is 7.40. The quantitative estimate of drug-likeness (QED) is 0.729. The Bertz CT molecular complexity index is 636. The van der Waals surface area contributed by atoms with Crippen LogP contribution in [0, 0.1) is 0 Å². The zero-order valence-electron chi connectivity index (χ0n) is 11.1. The van der Waals surface area contributed by atoms with Crippen LogP contribution in [-0.4, -0.2) is 42.0 Å². The molecule has 1 fully saturated rings. The van der Waals surface area contributed by atoms with Crippen molar-refractivity contribution in [1.29, 1.82) is 0 Å². The second-order valence-electron chi connectivity index (χ2n) is 4.71. The molecule has 0 radical (unpaired) electrons. The summed E-state index contributed by atoms with van der Waals surface area (Å²) in [6, 6.07) is 5.90. The first kappa shape index (κ1) is 15.0. The van der Waals surface area contributed by atoms with Gasteiger partial charge < -0.3 is 9.80 Å². The van der Waals surface area contributed by atoms with E-state index in [1.54, 1.807) is 6.20 Å². The predicted molar refractivity (Wildman–Crippen MR) is 92.1 cm³/mol. The maximum absolute atomic E-state index is 12.4. The van der Waals surface area contributed by atoms with E-state index in [0.29, 0.717) is 0 Å². The zero-order valence-corrected chi connectivity index (χ0v) is 15.1. The lowest BCUT2D eigenvalue weighted by molar-refractivity contribution is 0.0750. The molecule has 1 saturated heterocycles. The van der Waals surface area contributed by atoms with Crippen LogP contribution < -0.4 is 4.90 Å². The van der Waals surface area contributed by atoms with Gasteiger partial charge >= 0.3 is 0 Å². The van der Waals surface area contributed by atoms with Crippen molar-refractivity contribution in [3.8, 4) is 0 Å². The van der Waals surface area contributed by atoms with Gasteiger partial charge in [-0.25, -0.2) is 4.98 Å². The number of carbonyl (C=O) groups excluding carboxylic acids is 1. The molecule has 7 heteroatoms. The minimum absolute atomic E-state index is 0.111. The lowest BCUT2D eigenvalue weighted by atomic mass is 10.3. The van der Waals surface area contributed by atoms with Crippen molar-refractivity contribution in [2.45, 2.75) is 0 Å². The number of amides is 1. The molecule has 0 atom stereocenters. The molecule has 0 N–H and O–H groups in total. The van der Waals surface area contributed by atoms with E-state index in [-0.39, 0.29) is 5.91 Å². The maximum Gasteiger partial charge on any atom is 0.265 e. The number of nitrogens with zero attached hydrogens (tertiary/aromatic N) is 3. The Balaban J connectivity index is 1.64. The maximum atomic E-state index is 12.4. The van der Waals surface area contributed by atoms with Crippen LogP contribution in [0.4, 0.5) is 5.82 Å². The lowest BCUT2D eigenvalue weighted by Gasteiger charge is -2.35. The number of pyridine rings is 1. The van der Waals surface area contributed by atoms with Crippen LogP contribution in [-0.2, 0) is 0 Å². The number of aromatic nitrogens is 1. The van der Waals surface area contributed by atoms with Crippen molar-refractivity contribution >= 4 is 54.9 Å². The molecule has 2 aromatic heterocycles. The van der Waals surface area contributed by atoms with Gasteiger partial charge in [-0.15, -0.1) is 11.3 Å². The first-order valence-electron chi connectivity index (χ1n) is 6.54. The highest BCUT2D eigenvalue weighted by molar-refractivity contribution is 9.10. The summed E-state index contributed by atoms with van der Waals surface area (Å²) in [4.78, 5) is 21.7. The molecular formula is C14H13Br2N3OS. The van der Waals surface area contributed by atoms with Gasteiger partial charge in [0, 0.05) is 41.3 Å². The number of hydrogen-bond acceptors (Lipinski definition) is 4. The molecule has 3 rings (SSSR count). The number of thiophene rings is 1. The van der Waals surface area contributed by atoms with Crippen LogP contribution in [0.2, 0.25) is 0 Å². The van der Waals surface area contributed by atoms with Gasteiger partial charge in [0.2, 0.25) is 0 Å². The van der Waals surface area contributed by atoms with E-state index >= 15 is 0 Å². The topological polar surface area (TPSA) is 36.4 Å². The van der Waals surface area contributed by atoms with Crippen molar-refractivity contribution in [3.05, 3.63) is 43.6 Å². The van der Waals surface area contributed by atoms with Crippen LogP contribution in [0.1, 0.15) is 9.67 Å². The molecule has 1 aliphatic heterocycles. The molecule has 1 amide bonds. The average molecular weight is 431 g/mol. The number of carbonyl (C=O) groups is 1. The van der Waals surface area contributed by atoms with Crippen molar-refractivity contribution in [3.63, 3.8) is 0 Å². The third kappa shape index (κ3) is 3.30. The monoisotopic (exact) mass is 429 g/mol. The summed E-state index contributed by atoms with van der Waals surface area (Å²) in [5.74, 6) is 1.07. The largest absolute Gasteiger partial charge is 0.353 e. The van der Waals surface area contributed by atoms with Gasteiger partial charge in [0.05, 0.1) is 0 Å². The Morgan fingerprint density at radius 1 is 1.14 bits per heavy atom. The molecule has 0 spiro atoms. The SMILES string of the molecule is O=C(c1sccc1Br)N1CCN(c2ccc(Br)cn2)CC1. The first-order valence-corrected chi connectivity index (χ1v) is 9.00.